The van der Waals surface area contributed by atoms with Gasteiger partial charge in [-0.3, -0.25) is 4.57 Å². The van der Waals surface area contributed by atoms with Gasteiger partial charge in [-0.25, -0.2) is 0 Å². The number of nitrogens with zero attached hydrogens (tertiary/aromatic N) is 3. The van der Waals surface area contributed by atoms with Crippen LogP contribution in [-0.2, 0) is 6.54 Å². The lowest BCUT2D eigenvalue weighted by Crippen LogP contribution is -2.08. The fourth-order valence-corrected chi connectivity index (χ4v) is 2.53. The Balaban J connectivity index is 1.83. The number of benzene rings is 2. The highest BCUT2D eigenvalue weighted by atomic mass is 35.5. The maximum absolute atomic E-state index is 5.93. The molecule has 0 aliphatic heterocycles. The van der Waals surface area contributed by atoms with Gasteiger partial charge in [-0.15, -0.1) is 22.8 Å². The van der Waals surface area contributed by atoms with Gasteiger partial charge in [0, 0.05) is 16.4 Å². The minimum absolute atomic E-state index is 0.544. The molecule has 1 aromatic heterocycles. The summed E-state index contributed by atoms with van der Waals surface area (Å²) in [6.45, 7) is 2.62. The average Bonchev–Trinajstić information content (AvgIpc) is 2.89. The van der Waals surface area contributed by atoms with Crippen molar-refractivity contribution in [3.05, 3.63) is 64.9 Å². The van der Waals surface area contributed by atoms with E-state index in [4.69, 9.17) is 11.6 Å². The second-order valence-corrected chi connectivity index (χ2v) is 5.78. The van der Waals surface area contributed by atoms with Crippen molar-refractivity contribution in [1.29, 1.82) is 0 Å². The van der Waals surface area contributed by atoms with E-state index in [0.717, 1.165) is 17.2 Å². The Bertz CT molecular complexity index is 766. The number of aryl methyl sites for hydroxylation is 1. The van der Waals surface area contributed by atoms with Crippen molar-refractivity contribution in [2.24, 2.45) is 0 Å². The maximum Gasteiger partial charge on any atom is 0.192 e. The van der Waals surface area contributed by atoms with E-state index in [1.54, 1.807) is 0 Å². The lowest BCUT2D eigenvalue weighted by Gasteiger charge is -2.10. The Morgan fingerprint density at radius 2 is 1.73 bits per heavy atom. The lowest BCUT2D eigenvalue weighted by molar-refractivity contribution is 0.844. The van der Waals surface area contributed by atoms with Gasteiger partial charge < -0.3 is 5.32 Å². The van der Waals surface area contributed by atoms with Crippen LogP contribution in [-0.4, -0.2) is 14.8 Å². The van der Waals surface area contributed by atoms with Crippen LogP contribution in [0.4, 0.5) is 5.69 Å². The van der Waals surface area contributed by atoms with Crippen molar-refractivity contribution in [3.8, 4) is 5.69 Å². The highest BCUT2D eigenvalue weighted by Gasteiger charge is 2.11. The Kier molecular flexibility index (Phi) is 4.36. The van der Waals surface area contributed by atoms with Gasteiger partial charge in [-0.05, 0) is 43.3 Å². The van der Waals surface area contributed by atoms with Gasteiger partial charge in [0.2, 0.25) is 0 Å². The van der Waals surface area contributed by atoms with Crippen LogP contribution >= 0.6 is 24.2 Å². The summed E-state index contributed by atoms with van der Waals surface area (Å²) in [5.74, 6) is 0.785. The molecule has 0 bridgehead atoms. The molecule has 0 radical (unpaired) electrons. The monoisotopic (exact) mass is 330 g/mol. The van der Waals surface area contributed by atoms with Gasteiger partial charge in [-0.1, -0.05) is 29.3 Å². The fraction of sp³-hybridized carbons (Fsp3) is 0.125. The van der Waals surface area contributed by atoms with E-state index < -0.39 is 0 Å². The van der Waals surface area contributed by atoms with Gasteiger partial charge >= 0.3 is 0 Å². The lowest BCUT2D eigenvalue weighted by atomic mass is 10.2. The number of halogens is 1. The Morgan fingerprint density at radius 3 is 2.41 bits per heavy atom. The smallest absolute Gasteiger partial charge is 0.192 e. The molecule has 0 fully saturated rings. The van der Waals surface area contributed by atoms with Crippen LogP contribution < -0.4 is 5.32 Å². The van der Waals surface area contributed by atoms with Crippen LogP contribution in [0.1, 0.15) is 11.4 Å². The predicted molar refractivity (Wildman–Crippen MR) is 92.1 cm³/mol. The predicted octanol–water partition coefficient (Wildman–Crippen LogP) is 4.13. The van der Waals surface area contributed by atoms with Crippen LogP contribution in [0.2, 0.25) is 5.02 Å². The molecule has 112 valence electrons. The summed E-state index contributed by atoms with van der Waals surface area (Å²) in [5, 5.41) is 12.8. The first-order valence-electron chi connectivity index (χ1n) is 6.83. The third kappa shape index (κ3) is 3.26. The zero-order valence-electron chi connectivity index (χ0n) is 12.0. The number of hydrogen-bond acceptors (Lipinski definition) is 4. The van der Waals surface area contributed by atoms with Crippen LogP contribution in [0, 0.1) is 6.92 Å². The molecule has 0 saturated carbocycles. The second kappa shape index (κ2) is 6.42. The fourth-order valence-electron chi connectivity index (χ4n) is 2.13. The van der Waals surface area contributed by atoms with E-state index >= 15 is 0 Å². The minimum Gasteiger partial charge on any atom is -0.378 e. The van der Waals surface area contributed by atoms with Crippen molar-refractivity contribution >= 4 is 29.9 Å². The van der Waals surface area contributed by atoms with E-state index in [-0.39, 0.29) is 0 Å². The summed E-state index contributed by atoms with van der Waals surface area (Å²) in [6.07, 6.45) is 0. The number of hydrogen-bond donors (Lipinski definition) is 2. The highest BCUT2D eigenvalue weighted by molar-refractivity contribution is 7.80. The zero-order valence-corrected chi connectivity index (χ0v) is 13.6. The van der Waals surface area contributed by atoms with Gasteiger partial charge in [0.1, 0.15) is 0 Å². The molecule has 0 atom stereocenters. The molecule has 0 spiro atoms. The molecule has 0 saturated heterocycles. The molecule has 22 heavy (non-hydrogen) atoms. The van der Waals surface area contributed by atoms with Gasteiger partial charge in [0.05, 0.1) is 6.54 Å². The molecule has 0 unspecified atom stereocenters. The molecule has 0 amide bonds. The number of rotatable bonds is 4. The van der Waals surface area contributed by atoms with E-state index in [9.17, 15) is 0 Å². The summed E-state index contributed by atoms with van der Waals surface area (Å²) >= 11 is 10.3. The second-order valence-electron chi connectivity index (χ2n) is 4.95. The molecule has 0 aliphatic rings. The number of thiol groups is 1. The molecule has 6 heteroatoms. The SMILES string of the molecule is Cc1ccc(NCc2nnc(S)n2-c2ccc(Cl)cc2)cc1. The Morgan fingerprint density at radius 1 is 1.05 bits per heavy atom. The molecule has 1 heterocycles. The summed E-state index contributed by atoms with van der Waals surface area (Å²) in [7, 11) is 0. The van der Waals surface area contributed by atoms with Gasteiger partial charge in [-0.2, -0.15) is 0 Å². The Labute approximate surface area is 139 Å². The van der Waals surface area contributed by atoms with E-state index in [1.165, 1.54) is 5.56 Å². The van der Waals surface area contributed by atoms with E-state index in [1.807, 2.05) is 41.0 Å². The molecular weight excluding hydrogens is 316 g/mol. The molecular formula is C16H15ClN4S. The molecule has 3 aromatic rings. The Hall–Kier alpha value is -1.98. The highest BCUT2D eigenvalue weighted by Crippen LogP contribution is 2.19. The van der Waals surface area contributed by atoms with Crippen LogP contribution in [0.15, 0.2) is 53.7 Å². The topological polar surface area (TPSA) is 42.7 Å². The normalized spacial score (nSPS) is 10.7. The summed E-state index contributed by atoms with van der Waals surface area (Å²) in [6, 6.07) is 15.7. The largest absolute Gasteiger partial charge is 0.378 e. The first-order chi connectivity index (χ1) is 10.6. The standard InChI is InChI=1S/C16H15ClN4S/c1-11-2-6-13(7-3-11)18-10-15-19-20-16(22)21(15)14-8-4-12(17)5-9-14/h2-9,18H,10H2,1H3,(H,20,22). The quantitative estimate of drug-likeness (QED) is 0.707. The molecule has 3 rings (SSSR count). The van der Waals surface area contributed by atoms with Crippen LogP contribution in [0.5, 0.6) is 0 Å². The molecule has 4 nitrogen and oxygen atoms in total. The van der Waals surface area contributed by atoms with Crippen molar-refractivity contribution in [1.82, 2.24) is 14.8 Å². The molecule has 2 aromatic carbocycles. The van der Waals surface area contributed by atoms with E-state index in [0.29, 0.717) is 16.7 Å². The summed E-state index contributed by atoms with van der Waals surface area (Å²) in [5.41, 5.74) is 3.20. The summed E-state index contributed by atoms with van der Waals surface area (Å²) in [4.78, 5) is 0. The van der Waals surface area contributed by atoms with E-state index in [2.05, 4.69) is 47.2 Å². The molecule has 1 N–H and O–H groups in total. The maximum atomic E-state index is 5.93. The average molecular weight is 331 g/mol. The van der Waals surface area contributed by atoms with Gasteiger partial charge in [0.15, 0.2) is 11.0 Å². The zero-order chi connectivity index (χ0) is 15.5. The third-order valence-corrected chi connectivity index (χ3v) is 3.84. The first-order valence-corrected chi connectivity index (χ1v) is 7.66. The van der Waals surface area contributed by atoms with Crippen molar-refractivity contribution in [3.63, 3.8) is 0 Å². The number of nitrogens with one attached hydrogen (secondary N) is 1. The summed E-state index contributed by atoms with van der Waals surface area (Å²) < 4.78 is 1.89. The van der Waals surface area contributed by atoms with Crippen LogP contribution in [0.25, 0.3) is 5.69 Å². The minimum atomic E-state index is 0.544. The van der Waals surface area contributed by atoms with Crippen molar-refractivity contribution < 1.29 is 0 Å². The first kappa shape index (κ1) is 14.9. The number of aromatic nitrogens is 3. The number of anilines is 1. The van der Waals surface area contributed by atoms with Crippen molar-refractivity contribution in [2.75, 3.05) is 5.32 Å². The third-order valence-electron chi connectivity index (χ3n) is 3.30. The van der Waals surface area contributed by atoms with Crippen molar-refractivity contribution in [2.45, 2.75) is 18.6 Å². The van der Waals surface area contributed by atoms with Crippen LogP contribution in [0.3, 0.4) is 0 Å². The van der Waals surface area contributed by atoms with Gasteiger partial charge in [0.25, 0.3) is 0 Å². The molecule has 0 aliphatic carbocycles.